The molecule has 2 heterocycles. The van der Waals surface area contributed by atoms with Crippen molar-refractivity contribution in [2.75, 3.05) is 12.4 Å². The van der Waals surface area contributed by atoms with Gasteiger partial charge in [-0.05, 0) is 55.3 Å². The molecule has 0 saturated carbocycles. The summed E-state index contributed by atoms with van der Waals surface area (Å²) >= 11 is 0. The second kappa shape index (κ2) is 14.7. The van der Waals surface area contributed by atoms with E-state index >= 15 is 0 Å². The smallest absolute Gasteiger partial charge is 0.416 e. The molecule has 5 N–H and O–H groups in total. The van der Waals surface area contributed by atoms with Crippen LogP contribution in [0.1, 0.15) is 24.1 Å². The van der Waals surface area contributed by atoms with Gasteiger partial charge in [0.25, 0.3) is 5.56 Å². The van der Waals surface area contributed by atoms with E-state index in [1.165, 1.54) is 41.1 Å². The minimum Gasteiger partial charge on any atom is -0.487 e. The van der Waals surface area contributed by atoms with Crippen LogP contribution in [0.3, 0.4) is 0 Å². The molecule has 4 rings (SSSR count). The molecule has 0 bridgehead atoms. The van der Waals surface area contributed by atoms with Gasteiger partial charge in [-0.1, -0.05) is 18.2 Å². The van der Waals surface area contributed by atoms with E-state index in [9.17, 15) is 37.9 Å². The number of carbonyl (C=O) groups is 4. The summed E-state index contributed by atoms with van der Waals surface area (Å²) < 4.78 is 39.9. The number of aromatic nitrogens is 2. The third-order valence-corrected chi connectivity index (χ3v) is 6.76. The van der Waals surface area contributed by atoms with Crippen molar-refractivity contribution < 1.29 is 42.5 Å². The van der Waals surface area contributed by atoms with Crippen molar-refractivity contribution in [3.63, 3.8) is 0 Å². The molecule has 46 heavy (non-hydrogen) atoms. The monoisotopic (exact) mass is 637 g/mol. The molecule has 15 heteroatoms. The number of pyridine rings is 1. The number of para-hydroxylation sites is 1. The highest BCUT2D eigenvalue weighted by atomic mass is 19.1. The van der Waals surface area contributed by atoms with E-state index in [1.807, 2.05) is 0 Å². The predicted molar refractivity (Wildman–Crippen MR) is 161 cm³/mol. The summed E-state index contributed by atoms with van der Waals surface area (Å²) in [5.41, 5.74) is 4.61. The Balaban J connectivity index is 1.59. The number of carboxylic acid groups (broad SMARTS) is 1. The molecule has 0 saturated heterocycles. The Morgan fingerprint density at radius 3 is 2.57 bits per heavy atom. The standard InChI is InChI=1S/C31H29F2N5O8/c1-45-30(42)36-23(7-2-3-10-26(34)39)28(40)35-24-8-5-13-37(29(24)41)16-21-14-18-6-4-9-25(27(18)38(21)31(43)44)46-17-19-11-12-20(32)15-22(19)33/h3-6,8-15,23H,2,7,16-17H2,1H3,(H2,34,39)(H,35,40)(H,36,42)(H,43,44)/b10-3+. The van der Waals surface area contributed by atoms with Gasteiger partial charge in [0, 0.05) is 23.2 Å². The molecule has 240 valence electrons. The summed E-state index contributed by atoms with van der Waals surface area (Å²) in [4.78, 5) is 61.6. The van der Waals surface area contributed by atoms with Crippen molar-refractivity contribution in [1.82, 2.24) is 14.5 Å². The van der Waals surface area contributed by atoms with Gasteiger partial charge < -0.3 is 35.5 Å². The number of fused-ring (bicyclic) bond motifs is 1. The van der Waals surface area contributed by atoms with Gasteiger partial charge in [-0.3, -0.25) is 14.4 Å². The number of amides is 3. The van der Waals surface area contributed by atoms with Crippen LogP contribution in [-0.4, -0.2) is 51.4 Å². The number of nitrogens with two attached hydrogens (primary N) is 1. The number of rotatable bonds is 12. The van der Waals surface area contributed by atoms with Crippen LogP contribution in [0.4, 0.5) is 24.1 Å². The van der Waals surface area contributed by atoms with E-state index in [-0.39, 0.29) is 54.2 Å². The number of benzene rings is 2. The van der Waals surface area contributed by atoms with Crippen LogP contribution in [0.15, 0.2) is 77.7 Å². The number of anilines is 1. The normalized spacial score (nSPS) is 11.7. The Hall–Kier alpha value is -5.99. The maximum absolute atomic E-state index is 14.2. The zero-order chi connectivity index (χ0) is 33.4. The van der Waals surface area contributed by atoms with Crippen LogP contribution < -0.4 is 26.7 Å². The third kappa shape index (κ3) is 7.93. The largest absolute Gasteiger partial charge is 0.487 e. The van der Waals surface area contributed by atoms with E-state index in [4.69, 9.17) is 10.5 Å². The van der Waals surface area contributed by atoms with Gasteiger partial charge in [0.05, 0.1) is 19.3 Å². The first-order valence-corrected chi connectivity index (χ1v) is 13.7. The van der Waals surface area contributed by atoms with Gasteiger partial charge in [0.1, 0.15) is 41.2 Å². The van der Waals surface area contributed by atoms with Crippen molar-refractivity contribution in [2.24, 2.45) is 5.73 Å². The Kier molecular flexibility index (Phi) is 10.5. The quantitative estimate of drug-likeness (QED) is 0.169. The molecule has 2 aromatic carbocycles. The maximum atomic E-state index is 14.2. The number of carbonyl (C=O) groups excluding carboxylic acids is 3. The Morgan fingerprint density at radius 2 is 1.87 bits per heavy atom. The number of ether oxygens (including phenoxy) is 2. The molecule has 0 fully saturated rings. The number of alkyl carbamates (subject to hydrolysis) is 1. The number of primary amides is 1. The molecule has 0 aliphatic heterocycles. The van der Waals surface area contributed by atoms with E-state index in [0.717, 1.165) is 23.8 Å². The minimum absolute atomic E-state index is 0.0443. The highest BCUT2D eigenvalue weighted by Crippen LogP contribution is 2.30. The lowest BCUT2D eigenvalue weighted by atomic mass is 10.1. The fourth-order valence-corrected chi connectivity index (χ4v) is 4.61. The van der Waals surface area contributed by atoms with Crippen molar-refractivity contribution in [3.05, 3.63) is 106 Å². The fourth-order valence-electron chi connectivity index (χ4n) is 4.61. The highest BCUT2D eigenvalue weighted by molar-refractivity contribution is 5.96. The Morgan fingerprint density at radius 1 is 1.09 bits per heavy atom. The molecular formula is C31H29F2N5O8. The molecule has 3 amide bonds. The number of hydrogen-bond acceptors (Lipinski definition) is 7. The average Bonchev–Trinajstić information content (AvgIpc) is 3.39. The first-order valence-electron chi connectivity index (χ1n) is 13.7. The SMILES string of the molecule is COC(=O)NC(CC/C=C/C(N)=O)C(=O)Nc1cccn(Cc2cc3cccc(OCc4ccc(F)cc4F)c3n2C(=O)O)c1=O. The lowest BCUT2D eigenvalue weighted by molar-refractivity contribution is -0.118. The summed E-state index contributed by atoms with van der Waals surface area (Å²) in [5.74, 6) is -2.89. The zero-order valence-electron chi connectivity index (χ0n) is 24.4. The highest BCUT2D eigenvalue weighted by Gasteiger charge is 2.23. The van der Waals surface area contributed by atoms with Gasteiger partial charge in [-0.25, -0.2) is 22.9 Å². The van der Waals surface area contributed by atoms with E-state index < -0.39 is 47.2 Å². The van der Waals surface area contributed by atoms with Crippen LogP contribution in [0.25, 0.3) is 10.9 Å². The van der Waals surface area contributed by atoms with Gasteiger partial charge in [-0.2, -0.15) is 0 Å². The van der Waals surface area contributed by atoms with Crippen molar-refractivity contribution in [1.29, 1.82) is 0 Å². The molecular weight excluding hydrogens is 608 g/mol. The first kappa shape index (κ1) is 32.9. The average molecular weight is 638 g/mol. The van der Waals surface area contributed by atoms with Crippen LogP contribution >= 0.6 is 0 Å². The van der Waals surface area contributed by atoms with Gasteiger partial charge in [0.2, 0.25) is 11.8 Å². The first-order chi connectivity index (χ1) is 22.0. The number of halogens is 2. The Labute approximate surface area is 259 Å². The molecule has 1 atom stereocenters. The minimum atomic E-state index is -1.38. The second-order valence-electron chi connectivity index (χ2n) is 9.89. The van der Waals surface area contributed by atoms with Crippen LogP contribution in [0, 0.1) is 11.6 Å². The molecule has 1 unspecified atom stereocenters. The second-order valence-corrected chi connectivity index (χ2v) is 9.89. The number of nitrogens with one attached hydrogen (secondary N) is 2. The molecule has 2 aromatic heterocycles. The Bertz CT molecular complexity index is 1880. The van der Waals surface area contributed by atoms with Gasteiger partial charge in [0.15, 0.2) is 0 Å². The zero-order valence-corrected chi connectivity index (χ0v) is 24.4. The topological polar surface area (TPSA) is 184 Å². The third-order valence-electron chi connectivity index (χ3n) is 6.76. The number of nitrogens with zero attached hydrogens (tertiary/aromatic N) is 2. The van der Waals surface area contributed by atoms with E-state index in [2.05, 4.69) is 15.4 Å². The van der Waals surface area contributed by atoms with E-state index in [0.29, 0.717) is 11.5 Å². The number of methoxy groups -OCH3 is 1. The van der Waals surface area contributed by atoms with Crippen molar-refractivity contribution in [2.45, 2.75) is 32.0 Å². The molecule has 0 radical (unpaired) electrons. The van der Waals surface area contributed by atoms with Gasteiger partial charge >= 0.3 is 12.2 Å². The maximum Gasteiger partial charge on any atom is 0.416 e. The summed E-state index contributed by atoms with van der Waals surface area (Å²) in [6.07, 6.45) is 1.90. The summed E-state index contributed by atoms with van der Waals surface area (Å²) in [6, 6.07) is 11.0. The summed E-state index contributed by atoms with van der Waals surface area (Å²) in [5, 5.41) is 15.4. The van der Waals surface area contributed by atoms with Crippen LogP contribution in [0.2, 0.25) is 0 Å². The van der Waals surface area contributed by atoms with E-state index in [1.54, 1.807) is 18.2 Å². The molecule has 0 spiro atoms. The predicted octanol–water partition coefficient (Wildman–Crippen LogP) is 3.72. The summed E-state index contributed by atoms with van der Waals surface area (Å²) in [7, 11) is 1.12. The molecule has 0 aliphatic carbocycles. The van der Waals surface area contributed by atoms with Crippen LogP contribution in [0.5, 0.6) is 5.75 Å². The number of hydrogen-bond donors (Lipinski definition) is 4. The van der Waals surface area contributed by atoms with Crippen LogP contribution in [-0.2, 0) is 27.5 Å². The molecule has 13 nitrogen and oxygen atoms in total. The number of allylic oxidation sites excluding steroid dienone is 1. The van der Waals surface area contributed by atoms with Crippen molar-refractivity contribution >= 4 is 40.6 Å². The van der Waals surface area contributed by atoms with Gasteiger partial charge in [-0.15, -0.1) is 0 Å². The lowest BCUT2D eigenvalue weighted by Gasteiger charge is -2.17. The molecule has 4 aromatic rings. The lowest BCUT2D eigenvalue weighted by Crippen LogP contribution is -2.44. The summed E-state index contributed by atoms with van der Waals surface area (Å²) in [6.45, 7) is -0.545. The molecule has 0 aliphatic rings. The fraction of sp³-hybridized carbons (Fsp3) is 0.194. The van der Waals surface area contributed by atoms with Crippen molar-refractivity contribution in [3.8, 4) is 5.75 Å².